The predicted molar refractivity (Wildman–Crippen MR) is 118 cm³/mol. The second-order valence-electron chi connectivity index (χ2n) is 9.18. The number of anilines is 2. The molecule has 1 aromatic rings. The van der Waals surface area contributed by atoms with E-state index in [1.54, 1.807) is 0 Å². The number of ether oxygens (including phenoxy) is 1. The van der Waals surface area contributed by atoms with E-state index in [0.717, 1.165) is 62.8 Å². The van der Waals surface area contributed by atoms with Crippen molar-refractivity contribution in [3.05, 3.63) is 18.2 Å². The summed E-state index contributed by atoms with van der Waals surface area (Å²) in [5.74, 6) is 0.907. The van der Waals surface area contributed by atoms with Gasteiger partial charge in [0.25, 0.3) is 0 Å². The molecule has 1 fully saturated rings. The molecule has 0 aliphatic carbocycles. The molecule has 0 radical (unpaired) electrons. The van der Waals surface area contributed by atoms with Gasteiger partial charge in [-0.2, -0.15) is 0 Å². The molecule has 0 bridgehead atoms. The Bertz CT molecular complexity index is 594. The highest BCUT2D eigenvalue weighted by molar-refractivity contribution is 6.74. The summed E-state index contributed by atoms with van der Waals surface area (Å²) in [6.45, 7) is 17.2. The summed E-state index contributed by atoms with van der Waals surface area (Å²) >= 11 is 0. The third kappa shape index (κ3) is 6.40. The zero-order valence-electron chi connectivity index (χ0n) is 18.2. The fourth-order valence-electron chi connectivity index (χ4n) is 2.89. The van der Waals surface area contributed by atoms with E-state index in [0.29, 0.717) is 6.61 Å². The summed E-state index contributed by atoms with van der Waals surface area (Å²) in [6.07, 6.45) is 2.02. The number of nitrogens with two attached hydrogens (primary N) is 1. The zero-order chi connectivity index (χ0) is 20.1. The van der Waals surface area contributed by atoms with Crippen LogP contribution >= 0.6 is 0 Å². The maximum absolute atomic E-state index is 6.24. The number of piperazine rings is 1. The molecule has 154 valence electrons. The summed E-state index contributed by atoms with van der Waals surface area (Å²) in [5, 5.41) is 0.266. The Hall–Kier alpha value is -1.24. The Morgan fingerprint density at radius 2 is 1.67 bits per heavy atom. The fraction of sp³-hybridized carbons (Fsp3) is 0.714. The minimum atomic E-state index is -1.64. The quantitative estimate of drug-likeness (QED) is 0.407. The highest BCUT2D eigenvalue weighted by atomic mass is 28.4. The van der Waals surface area contributed by atoms with Gasteiger partial charge in [-0.3, -0.25) is 0 Å². The molecule has 2 N–H and O–H groups in total. The van der Waals surface area contributed by atoms with Crippen molar-refractivity contribution >= 4 is 19.7 Å². The number of hydrogen-bond acceptors (Lipinski definition) is 5. The van der Waals surface area contributed by atoms with E-state index in [-0.39, 0.29) is 5.04 Å². The molecule has 0 unspecified atom stereocenters. The van der Waals surface area contributed by atoms with Crippen LogP contribution in [0.2, 0.25) is 18.1 Å². The Morgan fingerprint density at radius 3 is 2.30 bits per heavy atom. The maximum atomic E-state index is 6.24. The standard InChI is InChI=1S/C21H39N3O2Si/c1-21(2,3)27(5,6)26-16-8-7-15-25-20-17-18(22)9-10-19(20)24-13-11-23(4)12-14-24/h9-10,17H,7-8,11-16,22H2,1-6H3. The zero-order valence-corrected chi connectivity index (χ0v) is 19.2. The molecule has 6 heteroatoms. The molecule has 1 heterocycles. The molecule has 27 heavy (non-hydrogen) atoms. The molecule has 0 atom stereocenters. The van der Waals surface area contributed by atoms with Crippen LogP contribution in [0, 0.1) is 0 Å². The van der Waals surface area contributed by atoms with Crippen LogP contribution in [0.4, 0.5) is 11.4 Å². The van der Waals surface area contributed by atoms with Crippen molar-refractivity contribution in [3.63, 3.8) is 0 Å². The van der Waals surface area contributed by atoms with Crippen molar-refractivity contribution in [2.45, 2.75) is 51.7 Å². The Labute approximate surface area is 166 Å². The first kappa shape index (κ1) is 22.1. The number of unbranched alkanes of at least 4 members (excludes halogenated alkanes) is 1. The van der Waals surface area contributed by atoms with Crippen molar-refractivity contribution in [2.24, 2.45) is 0 Å². The lowest BCUT2D eigenvalue weighted by Gasteiger charge is -2.36. The minimum Gasteiger partial charge on any atom is -0.491 e. The molecule has 1 saturated heterocycles. The highest BCUT2D eigenvalue weighted by Gasteiger charge is 2.36. The second-order valence-corrected chi connectivity index (χ2v) is 14.0. The number of benzene rings is 1. The fourth-order valence-corrected chi connectivity index (χ4v) is 3.97. The van der Waals surface area contributed by atoms with Gasteiger partial charge in [0.15, 0.2) is 8.32 Å². The lowest BCUT2D eigenvalue weighted by atomic mass is 10.2. The average Bonchev–Trinajstić information content (AvgIpc) is 2.58. The van der Waals surface area contributed by atoms with Gasteiger partial charge in [0.2, 0.25) is 0 Å². The first-order chi connectivity index (χ1) is 12.6. The van der Waals surface area contributed by atoms with Crippen molar-refractivity contribution in [1.29, 1.82) is 0 Å². The second kappa shape index (κ2) is 9.30. The van der Waals surface area contributed by atoms with Gasteiger partial charge in [-0.25, -0.2) is 0 Å². The number of likely N-dealkylation sites (N-methyl/N-ethyl adjacent to an activating group) is 1. The van der Waals surface area contributed by atoms with Crippen LogP contribution in [0.3, 0.4) is 0 Å². The van der Waals surface area contributed by atoms with Crippen LogP contribution in [0.5, 0.6) is 5.75 Å². The molecule has 0 saturated carbocycles. The molecule has 0 spiro atoms. The molecule has 0 aromatic heterocycles. The summed E-state index contributed by atoms with van der Waals surface area (Å²) in [5.41, 5.74) is 7.91. The molecule has 2 rings (SSSR count). The third-order valence-corrected chi connectivity index (χ3v) is 10.4. The molecular weight excluding hydrogens is 354 g/mol. The number of rotatable bonds is 8. The molecule has 1 aromatic carbocycles. The predicted octanol–water partition coefficient (Wildman–Crippen LogP) is 4.20. The largest absolute Gasteiger partial charge is 0.491 e. The van der Waals surface area contributed by atoms with Crippen LogP contribution in [0.1, 0.15) is 33.6 Å². The van der Waals surface area contributed by atoms with Crippen LogP contribution in [-0.2, 0) is 4.43 Å². The van der Waals surface area contributed by atoms with E-state index in [1.807, 2.05) is 12.1 Å². The van der Waals surface area contributed by atoms with Crippen molar-refractivity contribution in [1.82, 2.24) is 4.90 Å². The van der Waals surface area contributed by atoms with E-state index in [4.69, 9.17) is 14.9 Å². The average molecular weight is 394 g/mol. The Morgan fingerprint density at radius 1 is 1.04 bits per heavy atom. The molecule has 1 aliphatic rings. The van der Waals surface area contributed by atoms with Crippen molar-refractivity contribution in [2.75, 3.05) is 57.1 Å². The number of nitrogens with zero attached hydrogens (tertiary/aromatic N) is 2. The first-order valence-corrected chi connectivity index (χ1v) is 13.1. The topological polar surface area (TPSA) is 51.0 Å². The monoisotopic (exact) mass is 393 g/mol. The minimum absolute atomic E-state index is 0.266. The number of nitrogen functional groups attached to an aromatic ring is 1. The van der Waals surface area contributed by atoms with Gasteiger partial charge in [0.05, 0.1) is 12.3 Å². The molecule has 5 nitrogen and oxygen atoms in total. The van der Waals surface area contributed by atoms with E-state index in [2.05, 4.69) is 56.8 Å². The Balaban J connectivity index is 1.81. The third-order valence-electron chi connectivity index (χ3n) is 5.89. The summed E-state index contributed by atoms with van der Waals surface area (Å²) in [4.78, 5) is 4.76. The van der Waals surface area contributed by atoms with Gasteiger partial charge in [-0.15, -0.1) is 0 Å². The normalized spacial score (nSPS) is 16.6. The van der Waals surface area contributed by atoms with Crippen LogP contribution in [0.25, 0.3) is 0 Å². The van der Waals surface area contributed by atoms with Crippen molar-refractivity contribution < 1.29 is 9.16 Å². The maximum Gasteiger partial charge on any atom is 0.191 e. The van der Waals surface area contributed by atoms with Crippen LogP contribution in [0.15, 0.2) is 18.2 Å². The Kier molecular flexibility index (Phi) is 7.60. The van der Waals surface area contributed by atoms with Crippen molar-refractivity contribution in [3.8, 4) is 5.75 Å². The van der Waals surface area contributed by atoms with E-state index in [9.17, 15) is 0 Å². The van der Waals surface area contributed by atoms with Gasteiger partial charge in [-0.1, -0.05) is 20.8 Å². The summed E-state index contributed by atoms with van der Waals surface area (Å²) in [6, 6.07) is 6.02. The highest BCUT2D eigenvalue weighted by Crippen LogP contribution is 2.36. The smallest absolute Gasteiger partial charge is 0.191 e. The molecular formula is C21H39N3O2Si. The van der Waals surface area contributed by atoms with Gasteiger partial charge >= 0.3 is 0 Å². The van der Waals surface area contributed by atoms with Gasteiger partial charge in [0.1, 0.15) is 5.75 Å². The van der Waals surface area contributed by atoms with Gasteiger partial charge < -0.3 is 24.7 Å². The van der Waals surface area contributed by atoms with Crippen LogP contribution < -0.4 is 15.4 Å². The molecule has 0 amide bonds. The van der Waals surface area contributed by atoms with E-state index in [1.165, 1.54) is 0 Å². The molecule has 1 aliphatic heterocycles. The van der Waals surface area contributed by atoms with Gasteiger partial charge in [-0.05, 0) is 50.2 Å². The van der Waals surface area contributed by atoms with E-state index < -0.39 is 8.32 Å². The van der Waals surface area contributed by atoms with E-state index >= 15 is 0 Å². The first-order valence-electron chi connectivity index (χ1n) is 10.2. The van der Waals surface area contributed by atoms with Gasteiger partial charge in [0, 0.05) is 44.5 Å². The summed E-state index contributed by atoms with van der Waals surface area (Å²) in [7, 11) is 0.529. The number of hydrogen-bond donors (Lipinski definition) is 1. The lowest BCUT2D eigenvalue weighted by molar-refractivity contribution is 0.251. The summed E-state index contributed by atoms with van der Waals surface area (Å²) < 4.78 is 12.4. The van der Waals surface area contributed by atoms with Crippen LogP contribution in [-0.4, -0.2) is 59.7 Å². The lowest BCUT2D eigenvalue weighted by Crippen LogP contribution is -2.44. The SMILES string of the molecule is CN1CCN(c2ccc(N)cc2OCCCCO[Si](C)(C)C(C)(C)C)CC1.